The summed E-state index contributed by atoms with van der Waals surface area (Å²) >= 11 is 0. The number of fused-ring (bicyclic) bond motifs is 2. The molecule has 0 radical (unpaired) electrons. The lowest BCUT2D eigenvalue weighted by Crippen LogP contribution is -2.45. The number of nitrogens with zero attached hydrogens (tertiary/aromatic N) is 1. The molecule has 0 saturated heterocycles. The SMILES string of the molecule is COc1ccc2[nH]cc(CCNC(=O)[C@@H](C)N3Cc4ccccc4C3=O)c2c1. The maximum Gasteiger partial charge on any atom is 0.255 e. The van der Waals surface area contributed by atoms with Gasteiger partial charge in [0.2, 0.25) is 5.91 Å². The summed E-state index contributed by atoms with van der Waals surface area (Å²) in [6.07, 6.45) is 2.65. The van der Waals surface area contributed by atoms with Crippen LogP contribution < -0.4 is 10.1 Å². The first-order valence-corrected chi connectivity index (χ1v) is 9.39. The summed E-state index contributed by atoms with van der Waals surface area (Å²) in [4.78, 5) is 30.0. The lowest BCUT2D eigenvalue weighted by molar-refractivity contribution is -0.125. The average Bonchev–Trinajstić information content (AvgIpc) is 3.28. The van der Waals surface area contributed by atoms with E-state index in [4.69, 9.17) is 4.74 Å². The predicted octanol–water partition coefficient (Wildman–Crippen LogP) is 2.88. The van der Waals surface area contributed by atoms with Gasteiger partial charge in [0.05, 0.1) is 7.11 Å². The molecule has 1 aliphatic heterocycles. The molecule has 6 heteroatoms. The predicted molar refractivity (Wildman–Crippen MR) is 107 cm³/mol. The molecule has 2 N–H and O–H groups in total. The minimum atomic E-state index is -0.511. The number of H-pyrrole nitrogens is 1. The van der Waals surface area contributed by atoms with Gasteiger partial charge in [-0.3, -0.25) is 9.59 Å². The third kappa shape index (κ3) is 3.22. The van der Waals surface area contributed by atoms with Gasteiger partial charge in [0, 0.05) is 35.8 Å². The minimum Gasteiger partial charge on any atom is -0.497 e. The molecule has 0 fully saturated rings. The summed E-state index contributed by atoms with van der Waals surface area (Å²) in [6, 6.07) is 12.9. The maximum atomic E-state index is 12.6. The average molecular weight is 377 g/mol. The van der Waals surface area contributed by atoms with Crippen molar-refractivity contribution in [3.8, 4) is 5.75 Å². The first-order valence-electron chi connectivity index (χ1n) is 9.39. The lowest BCUT2D eigenvalue weighted by Gasteiger charge is -2.23. The van der Waals surface area contributed by atoms with Gasteiger partial charge in [-0.25, -0.2) is 0 Å². The van der Waals surface area contributed by atoms with Gasteiger partial charge in [-0.2, -0.15) is 0 Å². The highest BCUT2D eigenvalue weighted by atomic mass is 16.5. The Bertz CT molecular complexity index is 1040. The second kappa shape index (κ2) is 7.38. The van der Waals surface area contributed by atoms with Crippen molar-refractivity contribution in [3.63, 3.8) is 0 Å². The molecule has 2 heterocycles. The van der Waals surface area contributed by atoms with E-state index in [1.54, 1.807) is 18.9 Å². The maximum absolute atomic E-state index is 12.6. The third-order valence-electron chi connectivity index (χ3n) is 5.36. The first kappa shape index (κ1) is 18.1. The minimum absolute atomic E-state index is 0.0815. The van der Waals surface area contributed by atoms with Crippen molar-refractivity contribution in [2.75, 3.05) is 13.7 Å². The largest absolute Gasteiger partial charge is 0.497 e. The Labute approximate surface area is 163 Å². The molecule has 4 rings (SSSR count). The Hall–Kier alpha value is -3.28. The standard InChI is InChI=1S/C22H23N3O3/c1-14(25-13-16-5-3-4-6-18(16)22(25)27)21(26)23-10-9-15-12-24-20-8-7-17(28-2)11-19(15)20/h3-8,11-12,14,24H,9-10,13H2,1-2H3,(H,23,26)/t14-/m1/s1. The molecule has 0 spiro atoms. The Kier molecular flexibility index (Phi) is 4.77. The molecule has 6 nitrogen and oxygen atoms in total. The molecular weight excluding hydrogens is 354 g/mol. The molecule has 3 aromatic rings. The lowest BCUT2D eigenvalue weighted by atomic mass is 10.1. The Morgan fingerprint density at radius 1 is 1.29 bits per heavy atom. The van der Waals surface area contributed by atoms with Crippen LogP contribution in [0.3, 0.4) is 0 Å². The Morgan fingerprint density at radius 3 is 2.89 bits per heavy atom. The second-order valence-corrected chi connectivity index (χ2v) is 7.03. The van der Waals surface area contributed by atoms with Crippen molar-refractivity contribution in [2.45, 2.75) is 25.9 Å². The molecule has 2 amide bonds. The number of benzene rings is 2. The smallest absolute Gasteiger partial charge is 0.255 e. The van der Waals surface area contributed by atoms with E-state index in [2.05, 4.69) is 10.3 Å². The molecular formula is C22H23N3O3. The van der Waals surface area contributed by atoms with Gasteiger partial charge < -0.3 is 19.9 Å². The van der Waals surface area contributed by atoms with Gasteiger partial charge in [-0.15, -0.1) is 0 Å². The van der Waals surface area contributed by atoms with Gasteiger partial charge in [0.15, 0.2) is 0 Å². The van der Waals surface area contributed by atoms with Crippen LogP contribution in [0.2, 0.25) is 0 Å². The number of carbonyl (C=O) groups excluding carboxylic acids is 2. The summed E-state index contributed by atoms with van der Waals surface area (Å²) < 4.78 is 5.29. The van der Waals surface area contributed by atoms with E-state index in [0.717, 1.165) is 27.8 Å². The van der Waals surface area contributed by atoms with E-state index < -0.39 is 6.04 Å². The number of methoxy groups -OCH3 is 1. The van der Waals surface area contributed by atoms with Crippen LogP contribution in [-0.2, 0) is 17.8 Å². The van der Waals surface area contributed by atoms with Crippen molar-refractivity contribution in [1.82, 2.24) is 15.2 Å². The summed E-state index contributed by atoms with van der Waals surface area (Å²) in [5, 5.41) is 4.05. The van der Waals surface area contributed by atoms with Crippen molar-refractivity contribution in [1.29, 1.82) is 0 Å². The van der Waals surface area contributed by atoms with Crippen LogP contribution >= 0.6 is 0 Å². The fraction of sp³-hybridized carbons (Fsp3) is 0.273. The van der Waals surface area contributed by atoms with Crippen LogP contribution in [0.1, 0.15) is 28.4 Å². The Balaban J connectivity index is 1.37. The number of aromatic amines is 1. The Morgan fingerprint density at radius 2 is 2.11 bits per heavy atom. The second-order valence-electron chi connectivity index (χ2n) is 7.03. The van der Waals surface area contributed by atoms with Crippen molar-refractivity contribution in [2.24, 2.45) is 0 Å². The van der Waals surface area contributed by atoms with Crippen LogP contribution in [0, 0.1) is 0 Å². The van der Waals surface area contributed by atoms with Crippen molar-refractivity contribution in [3.05, 3.63) is 65.4 Å². The summed E-state index contributed by atoms with van der Waals surface area (Å²) in [5.41, 5.74) is 3.82. The molecule has 0 saturated carbocycles. The fourth-order valence-electron chi connectivity index (χ4n) is 3.69. The van der Waals surface area contributed by atoms with Crippen molar-refractivity contribution >= 4 is 22.7 Å². The molecule has 1 aromatic heterocycles. The third-order valence-corrected chi connectivity index (χ3v) is 5.36. The summed E-state index contributed by atoms with van der Waals surface area (Å²) in [6.45, 7) is 2.75. The zero-order chi connectivity index (χ0) is 19.7. The number of ether oxygens (including phenoxy) is 1. The molecule has 1 atom stereocenters. The fourth-order valence-corrected chi connectivity index (χ4v) is 3.69. The molecule has 1 aliphatic rings. The number of amides is 2. The van der Waals surface area contributed by atoms with Gasteiger partial charge >= 0.3 is 0 Å². The zero-order valence-electron chi connectivity index (χ0n) is 16.0. The van der Waals surface area contributed by atoms with Crippen LogP contribution in [-0.4, -0.2) is 41.4 Å². The molecule has 2 aromatic carbocycles. The highest BCUT2D eigenvalue weighted by Gasteiger charge is 2.33. The number of aromatic nitrogens is 1. The normalized spacial score (nSPS) is 14.2. The van der Waals surface area contributed by atoms with Crippen molar-refractivity contribution < 1.29 is 14.3 Å². The van der Waals surface area contributed by atoms with E-state index in [1.165, 1.54) is 0 Å². The quantitative estimate of drug-likeness (QED) is 0.694. The number of nitrogens with one attached hydrogen (secondary N) is 2. The van der Waals surface area contributed by atoms with Crippen LogP contribution in [0.5, 0.6) is 5.75 Å². The first-order chi connectivity index (χ1) is 13.6. The van der Waals surface area contributed by atoms with E-state index in [0.29, 0.717) is 25.1 Å². The molecule has 0 unspecified atom stereocenters. The van der Waals surface area contributed by atoms with E-state index >= 15 is 0 Å². The van der Waals surface area contributed by atoms with Crippen LogP contribution in [0.4, 0.5) is 0 Å². The van der Waals surface area contributed by atoms with Gasteiger partial charge in [0.25, 0.3) is 5.91 Å². The van der Waals surface area contributed by atoms with E-state index in [1.807, 2.05) is 48.7 Å². The topological polar surface area (TPSA) is 74.4 Å². The summed E-state index contributed by atoms with van der Waals surface area (Å²) in [7, 11) is 1.65. The zero-order valence-corrected chi connectivity index (χ0v) is 16.0. The van der Waals surface area contributed by atoms with Gasteiger partial charge in [-0.1, -0.05) is 18.2 Å². The number of carbonyl (C=O) groups is 2. The number of hydrogen-bond donors (Lipinski definition) is 2. The van der Waals surface area contributed by atoms with E-state index in [-0.39, 0.29) is 11.8 Å². The van der Waals surface area contributed by atoms with Gasteiger partial charge in [-0.05, 0) is 48.7 Å². The highest BCUT2D eigenvalue weighted by molar-refractivity contribution is 6.01. The number of hydrogen-bond acceptors (Lipinski definition) is 3. The van der Waals surface area contributed by atoms with Crippen LogP contribution in [0.25, 0.3) is 10.9 Å². The molecule has 0 bridgehead atoms. The number of rotatable bonds is 6. The molecule has 144 valence electrons. The highest BCUT2D eigenvalue weighted by Crippen LogP contribution is 2.25. The summed E-state index contributed by atoms with van der Waals surface area (Å²) in [5.74, 6) is 0.582. The van der Waals surface area contributed by atoms with Gasteiger partial charge in [0.1, 0.15) is 11.8 Å². The molecule has 0 aliphatic carbocycles. The molecule has 28 heavy (non-hydrogen) atoms. The van der Waals surface area contributed by atoms with E-state index in [9.17, 15) is 9.59 Å². The monoisotopic (exact) mass is 377 g/mol. The van der Waals surface area contributed by atoms with Crippen LogP contribution in [0.15, 0.2) is 48.7 Å².